The normalized spacial score (nSPS) is 12.2. The highest BCUT2D eigenvalue weighted by Gasteiger charge is 2.25. The summed E-state index contributed by atoms with van der Waals surface area (Å²) in [6, 6.07) is 7.31. The molecule has 1 N–H and O–H groups in total. The van der Waals surface area contributed by atoms with E-state index in [1.54, 1.807) is 31.6 Å². The van der Waals surface area contributed by atoms with E-state index in [1.165, 1.54) is 18.4 Å². The van der Waals surface area contributed by atoms with Gasteiger partial charge >= 0.3 is 5.69 Å². The Bertz CT molecular complexity index is 1320. The quantitative estimate of drug-likeness (QED) is 0.442. The van der Waals surface area contributed by atoms with Crippen molar-refractivity contribution in [3.63, 3.8) is 0 Å². The summed E-state index contributed by atoms with van der Waals surface area (Å²) < 4.78 is 22.4. The van der Waals surface area contributed by atoms with Crippen molar-refractivity contribution in [1.82, 2.24) is 24.4 Å². The maximum absolute atomic E-state index is 15.2. The lowest BCUT2D eigenvalue weighted by atomic mass is 9.89. The molecule has 0 fully saturated rings. The molecule has 0 aliphatic rings. The Morgan fingerprint density at radius 3 is 2.62 bits per heavy atom. The van der Waals surface area contributed by atoms with Crippen molar-refractivity contribution in [2.45, 2.75) is 25.9 Å². The molecule has 3 heterocycles. The molecule has 8 heteroatoms. The molecular formula is C24H28FN5O2. The van der Waals surface area contributed by atoms with Crippen LogP contribution in [0, 0.1) is 0 Å². The molecule has 4 aromatic rings. The second-order valence-electron chi connectivity index (χ2n) is 8.79. The number of hydrogen-bond donors (Lipinski definition) is 1. The Hall–Kier alpha value is -3.26. The van der Waals surface area contributed by atoms with E-state index in [1.807, 2.05) is 26.2 Å². The van der Waals surface area contributed by atoms with E-state index in [2.05, 4.69) is 19.9 Å². The molecule has 168 valence electrons. The molecule has 7 nitrogen and oxygen atoms in total. The van der Waals surface area contributed by atoms with Gasteiger partial charge in [-0.05, 0) is 63.7 Å². The summed E-state index contributed by atoms with van der Waals surface area (Å²) in [6.07, 6.45) is 4.23. The van der Waals surface area contributed by atoms with Gasteiger partial charge in [0.25, 0.3) is 0 Å². The number of benzene rings is 1. The fourth-order valence-corrected chi connectivity index (χ4v) is 3.83. The Kier molecular flexibility index (Phi) is 5.73. The van der Waals surface area contributed by atoms with Crippen LogP contribution in [0.1, 0.15) is 25.8 Å². The molecule has 0 spiro atoms. The van der Waals surface area contributed by atoms with Crippen LogP contribution in [0.3, 0.4) is 0 Å². The molecule has 32 heavy (non-hydrogen) atoms. The minimum Gasteiger partial charge on any atom is -0.478 e. The fourth-order valence-electron chi connectivity index (χ4n) is 3.83. The number of nitrogens with one attached hydrogen (secondary N) is 1. The Balaban J connectivity index is 1.77. The predicted molar refractivity (Wildman–Crippen MR) is 125 cm³/mol. The summed E-state index contributed by atoms with van der Waals surface area (Å²) >= 11 is 0. The van der Waals surface area contributed by atoms with Crippen LogP contribution >= 0.6 is 0 Å². The summed E-state index contributed by atoms with van der Waals surface area (Å²) in [5.41, 5.74) is 2.17. The van der Waals surface area contributed by atoms with Gasteiger partial charge in [0.2, 0.25) is 5.88 Å². The summed E-state index contributed by atoms with van der Waals surface area (Å²) in [6.45, 7) is 4.56. The maximum atomic E-state index is 15.2. The van der Waals surface area contributed by atoms with Crippen molar-refractivity contribution in [3.05, 3.63) is 52.7 Å². The number of halogens is 1. The predicted octanol–water partition coefficient (Wildman–Crippen LogP) is 4.01. The van der Waals surface area contributed by atoms with Crippen LogP contribution in [0.5, 0.6) is 5.88 Å². The zero-order valence-electron chi connectivity index (χ0n) is 19.1. The zero-order valence-corrected chi connectivity index (χ0v) is 19.1. The van der Waals surface area contributed by atoms with E-state index in [4.69, 9.17) is 4.74 Å². The largest absolute Gasteiger partial charge is 0.478 e. The number of nitrogens with zero attached hydrogens (tertiary/aromatic N) is 4. The molecule has 0 amide bonds. The SMILES string of the molecule is CN(C)CCCOc1ccc(-c2cc3c(cc2C(C)(C)F)ncc2c3[nH]c(=O)n2C)cn1. The average Bonchev–Trinajstić information content (AvgIpc) is 3.04. The Labute approximate surface area is 185 Å². The molecule has 0 radical (unpaired) electrons. The monoisotopic (exact) mass is 437 g/mol. The molecule has 0 saturated heterocycles. The van der Waals surface area contributed by atoms with Gasteiger partial charge in [-0.15, -0.1) is 0 Å². The molecule has 3 aromatic heterocycles. The van der Waals surface area contributed by atoms with Gasteiger partial charge in [-0.2, -0.15) is 0 Å². The first-order chi connectivity index (χ1) is 15.1. The van der Waals surface area contributed by atoms with Gasteiger partial charge in [-0.25, -0.2) is 14.2 Å². The summed E-state index contributed by atoms with van der Waals surface area (Å²) in [7, 11) is 5.74. The van der Waals surface area contributed by atoms with Crippen LogP contribution in [0.25, 0.3) is 33.1 Å². The number of H-pyrrole nitrogens is 1. The maximum Gasteiger partial charge on any atom is 0.326 e. The number of fused-ring (bicyclic) bond motifs is 3. The minimum atomic E-state index is -1.59. The second-order valence-corrected chi connectivity index (χ2v) is 8.79. The van der Waals surface area contributed by atoms with Gasteiger partial charge in [0.05, 0.1) is 29.4 Å². The van der Waals surface area contributed by atoms with Crippen LogP contribution in [0.4, 0.5) is 4.39 Å². The van der Waals surface area contributed by atoms with Gasteiger partial charge in [0, 0.05) is 36.8 Å². The molecule has 0 unspecified atom stereocenters. The molecule has 0 aliphatic heterocycles. The fraction of sp³-hybridized carbons (Fsp3) is 0.375. The van der Waals surface area contributed by atoms with Crippen LogP contribution in [0.2, 0.25) is 0 Å². The lowest BCUT2D eigenvalue weighted by Crippen LogP contribution is -2.15. The van der Waals surface area contributed by atoms with Gasteiger partial charge in [0.1, 0.15) is 5.67 Å². The second kappa shape index (κ2) is 8.35. The van der Waals surface area contributed by atoms with Gasteiger partial charge in [0.15, 0.2) is 0 Å². The van der Waals surface area contributed by atoms with E-state index < -0.39 is 5.67 Å². The molecule has 0 bridgehead atoms. The number of aromatic amines is 1. The van der Waals surface area contributed by atoms with Gasteiger partial charge in [-0.1, -0.05) is 0 Å². The lowest BCUT2D eigenvalue weighted by Gasteiger charge is -2.20. The number of rotatable bonds is 7. The van der Waals surface area contributed by atoms with E-state index in [-0.39, 0.29) is 5.69 Å². The minimum absolute atomic E-state index is 0.219. The topological polar surface area (TPSA) is 76.0 Å². The number of pyridine rings is 2. The summed E-state index contributed by atoms with van der Waals surface area (Å²) in [4.78, 5) is 26.0. The number of imidazole rings is 1. The Morgan fingerprint density at radius 1 is 1.19 bits per heavy atom. The van der Waals surface area contributed by atoms with Crippen molar-refractivity contribution < 1.29 is 9.13 Å². The summed E-state index contributed by atoms with van der Waals surface area (Å²) in [5.74, 6) is 0.533. The highest BCUT2D eigenvalue weighted by Crippen LogP contribution is 2.38. The van der Waals surface area contributed by atoms with Crippen LogP contribution in [-0.2, 0) is 12.7 Å². The molecule has 0 atom stereocenters. The van der Waals surface area contributed by atoms with Crippen molar-refractivity contribution in [3.8, 4) is 17.0 Å². The van der Waals surface area contributed by atoms with Crippen LogP contribution < -0.4 is 10.4 Å². The number of hydrogen-bond acceptors (Lipinski definition) is 5. The third-order valence-electron chi connectivity index (χ3n) is 5.57. The van der Waals surface area contributed by atoms with Crippen molar-refractivity contribution in [2.24, 2.45) is 7.05 Å². The van der Waals surface area contributed by atoms with E-state index in [9.17, 15) is 4.79 Å². The smallest absolute Gasteiger partial charge is 0.326 e. The third kappa shape index (κ3) is 4.23. The standard InChI is InChI=1S/C24H28FN5O2/c1-24(2,25)18-12-19-17(22-20(14-26-19)30(5)23(31)28-22)11-16(18)15-7-8-21(27-13-15)32-10-6-9-29(3)4/h7-8,11-14H,6,9-10H2,1-5H3,(H,28,31). The first-order valence-electron chi connectivity index (χ1n) is 10.6. The van der Waals surface area contributed by atoms with E-state index >= 15 is 4.39 Å². The number of alkyl halides is 1. The number of ether oxygens (including phenoxy) is 1. The average molecular weight is 438 g/mol. The van der Waals surface area contributed by atoms with Crippen molar-refractivity contribution in [1.29, 1.82) is 0 Å². The molecule has 0 aliphatic carbocycles. The first kappa shape index (κ1) is 22.0. The van der Waals surface area contributed by atoms with Crippen molar-refractivity contribution in [2.75, 3.05) is 27.2 Å². The Morgan fingerprint density at radius 2 is 1.97 bits per heavy atom. The first-order valence-corrected chi connectivity index (χ1v) is 10.6. The lowest BCUT2D eigenvalue weighted by molar-refractivity contribution is 0.222. The molecule has 0 saturated carbocycles. The zero-order chi connectivity index (χ0) is 23.0. The van der Waals surface area contributed by atoms with Crippen molar-refractivity contribution >= 4 is 21.9 Å². The van der Waals surface area contributed by atoms with E-state index in [0.717, 1.165) is 23.9 Å². The van der Waals surface area contributed by atoms with Crippen LogP contribution in [0.15, 0.2) is 41.5 Å². The highest BCUT2D eigenvalue weighted by molar-refractivity contribution is 6.04. The molecular weight excluding hydrogens is 409 g/mol. The van der Waals surface area contributed by atoms with E-state index in [0.29, 0.717) is 40.2 Å². The number of aromatic nitrogens is 4. The molecule has 1 aromatic carbocycles. The van der Waals surface area contributed by atoms with Gasteiger partial charge < -0.3 is 14.6 Å². The molecule has 4 rings (SSSR count). The third-order valence-corrected chi connectivity index (χ3v) is 5.57. The summed E-state index contributed by atoms with van der Waals surface area (Å²) in [5, 5.41) is 0.757. The highest BCUT2D eigenvalue weighted by atomic mass is 19.1. The number of aryl methyl sites for hydroxylation is 1. The van der Waals surface area contributed by atoms with Gasteiger partial charge in [-0.3, -0.25) is 9.55 Å². The van der Waals surface area contributed by atoms with Crippen LogP contribution in [-0.4, -0.2) is 51.7 Å².